The van der Waals surface area contributed by atoms with Crippen LogP contribution < -0.4 is 4.72 Å². The molecule has 27 heavy (non-hydrogen) atoms. The summed E-state index contributed by atoms with van der Waals surface area (Å²) in [4.78, 5) is 23.0. The van der Waals surface area contributed by atoms with E-state index in [-0.39, 0.29) is 12.8 Å². The van der Waals surface area contributed by atoms with Crippen LogP contribution in [0.25, 0.3) is 0 Å². The molecule has 1 saturated heterocycles. The summed E-state index contributed by atoms with van der Waals surface area (Å²) in [7, 11) is -4.10. The number of hydrogen-bond acceptors (Lipinski definition) is 5. The average molecular weight is 425 g/mol. The molecule has 0 radical (unpaired) electrons. The van der Waals surface area contributed by atoms with Crippen LogP contribution in [0.3, 0.4) is 0 Å². The van der Waals surface area contributed by atoms with Gasteiger partial charge in [-0.05, 0) is 24.7 Å². The van der Waals surface area contributed by atoms with E-state index in [1.807, 2.05) is 0 Å². The smallest absolute Gasteiger partial charge is 0.438 e. The normalized spacial score (nSPS) is 34.7. The van der Waals surface area contributed by atoms with Crippen LogP contribution in [0.15, 0.2) is 0 Å². The van der Waals surface area contributed by atoms with Gasteiger partial charge in [-0.1, -0.05) is 0 Å². The van der Waals surface area contributed by atoms with Crippen LogP contribution in [-0.4, -0.2) is 54.7 Å². The Kier molecular flexibility index (Phi) is 4.27. The van der Waals surface area contributed by atoms with E-state index in [0.717, 1.165) is 0 Å². The molecule has 0 aromatic heterocycles. The maximum atomic E-state index is 13.2. The Hall–Kier alpha value is -1.57. The number of halogens is 6. The number of carboxylic acid groups (broad SMARTS) is 1. The number of sulfonamides is 1. The number of fused-ring (bicyclic) bond motifs is 1. The summed E-state index contributed by atoms with van der Waals surface area (Å²) in [6.07, 6.45) is -14.9. The zero-order valence-electron chi connectivity index (χ0n) is 13.2. The molecular formula is C13H13F6NO6S. The molecule has 5 atom stereocenters. The van der Waals surface area contributed by atoms with Crippen LogP contribution >= 0.6 is 0 Å². The lowest BCUT2D eigenvalue weighted by Crippen LogP contribution is -2.61. The van der Waals surface area contributed by atoms with Gasteiger partial charge < -0.3 is 9.84 Å². The molecule has 14 heteroatoms. The van der Waals surface area contributed by atoms with E-state index < -0.39 is 75.4 Å². The minimum atomic E-state index is -6.27. The van der Waals surface area contributed by atoms with Crippen LogP contribution in [0.5, 0.6) is 0 Å². The molecule has 3 rings (SSSR count). The van der Waals surface area contributed by atoms with Crippen LogP contribution in [0, 0.1) is 17.8 Å². The number of ether oxygens (including phenoxy) is 1. The number of carboxylic acids is 1. The Morgan fingerprint density at radius 2 is 1.63 bits per heavy atom. The first-order valence-corrected chi connectivity index (χ1v) is 9.24. The second kappa shape index (κ2) is 5.72. The van der Waals surface area contributed by atoms with Gasteiger partial charge >= 0.3 is 29.9 Å². The first-order chi connectivity index (χ1) is 12.1. The predicted octanol–water partition coefficient (Wildman–Crippen LogP) is 1.19. The number of rotatable bonds is 4. The number of hydrogen-bond donors (Lipinski definition) is 2. The summed E-state index contributed by atoms with van der Waals surface area (Å²) in [5.74, 6) is -7.58. The van der Waals surface area contributed by atoms with Crippen molar-refractivity contribution in [2.45, 2.75) is 48.5 Å². The fourth-order valence-electron chi connectivity index (χ4n) is 4.44. The molecule has 0 spiro atoms. The van der Waals surface area contributed by atoms with Crippen LogP contribution in [0.1, 0.15) is 19.3 Å². The van der Waals surface area contributed by atoms with E-state index in [9.17, 15) is 44.3 Å². The third kappa shape index (κ3) is 2.87. The van der Waals surface area contributed by atoms with Gasteiger partial charge in [0.05, 0.1) is 11.2 Å². The van der Waals surface area contributed by atoms with Crippen molar-refractivity contribution < 1.29 is 54.2 Å². The minimum absolute atomic E-state index is 0.0874. The standard InChI is InChI=1S/C13H13F6NO6S/c14-12(15,16)11(3-7(21)22,13(17,18)19)26-10(23)8-4-1-5-6(2-4)20-27(24,25)9(5)8/h4-6,8-9,20H,1-3H2,(H,21,22). The molecule has 3 aliphatic rings. The van der Waals surface area contributed by atoms with Gasteiger partial charge in [-0.15, -0.1) is 0 Å². The summed E-state index contributed by atoms with van der Waals surface area (Å²) >= 11 is 0. The number of carbonyl (C=O) groups excluding carboxylic acids is 1. The molecule has 3 fully saturated rings. The zero-order chi connectivity index (χ0) is 20.6. The summed E-state index contributed by atoms with van der Waals surface area (Å²) in [6.45, 7) is 0. The SMILES string of the molecule is O=C(O)CC(OC(=O)C1C2CC3NS(=O)(=O)C1C3C2)(C(F)(F)F)C(F)(F)F. The summed E-state index contributed by atoms with van der Waals surface area (Å²) in [6, 6.07) is -0.511. The van der Waals surface area contributed by atoms with E-state index in [0.29, 0.717) is 0 Å². The maximum Gasteiger partial charge on any atom is 0.438 e. The Bertz CT molecular complexity index is 761. The number of carbonyl (C=O) groups is 2. The van der Waals surface area contributed by atoms with Gasteiger partial charge in [0.15, 0.2) is 0 Å². The first kappa shape index (κ1) is 20.2. The van der Waals surface area contributed by atoms with Gasteiger partial charge in [0.2, 0.25) is 10.0 Å². The molecule has 2 saturated carbocycles. The van der Waals surface area contributed by atoms with Crippen molar-refractivity contribution in [1.82, 2.24) is 4.72 Å². The molecule has 1 aliphatic heterocycles. The van der Waals surface area contributed by atoms with Crippen molar-refractivity contribution in [2.24, 2.45) is 17.8 Å². The van der Waals surface area contributed by atoms with E-state index in [2.05, 4.69) is 9.46 Å². The van der Waals surface area contributed by atoms with Gasteiger partial charge in [-0.25, -0.2) is 13.1 Å². The molecule has 0 aromatic carbocycles. The highest BCUT2D eigenvalue weighted by Crippen LogP contribution is 2.56. The van der Waals surface area contributed by atoms with Gasteiger partial charge in [-0.3, -0.25) is 9.59 Å². The van der Waals surface area contributed by atoms with Gasteiger partial charge in [-0.2, -0.15) is 26.3 Å². The third-order valence-electron chi connectivity index (χ3n) is 5.47. The van der Waals surface area contributed by atoms with Crippen molar-refractivity contribution in [3.05, 3.63) is 0 Å². The average Bonchev–Trinajstić information content (AvgIpc) is 3.03. The zero-order valence-corrected chi connectivity index (χ0v) is 14.0. The molecule has 1 heterocycles. The fraction of sp³-hybridized carbons (Fsp3) is 0.846. The Morgan fingerprint density at radius 3 is 2.11 bits per heavy atom. The number of alkyl halides is 6. The molecule has 2 bridgehead atoms. The van der Waals surface area contributed by atoms with Gasteiger partial charge in [0, 0.05) is 6.04 Å². The number of esters is 1. The molecule has 0 aromatic rings. The Morgan fingerprint density at radius 1 is 1.07 bits per heavy atom. The lowest BCUT2D eigenvalue weighted by atomic mass is 9.85. The predicted molar refractivity (Wildman–Crippen MR) is 72.5 cm³/mol. The molecule has 7 nitrogen and oxygen atoms in total. The van der Waals surface area contributed by atoms with E-state index in [4.69, 9.17) is 5.11 Å². The second-order valence-corrected chi connectivity index (χ2v) is 8.84. The highest BCUT2D eigenvalue weighted by atomic mass is 32.2. The quantitative estimate of drug-likeness (QED) is 0.518. The number of aliphatic carboxylic acids is 1. The van der Waals surface area contributed by atoms with Crippen molar-refractivity contribution in [2.75, 3.05) is 0 Å². The van der Waals surface area contributed by atoms with Crippen molar-refractivity contribution >= 4 is 22.0 Å². The maximum absolute atomic E-state index is 13.2. The summed E-state index contributed by atoms with van der Waals surface area (Å²) in [5, 5.41) is 7.06. The molecule has 0 amide bonds. The van der Waals surface area contributed by atoms with Crippen LogP contribution in [-0.2, 0) is 24.3 Å². The number of nitrogens with one attached hydrogen (secondary N) is 1. The van der Waals surface area contributed by atoms with E-state index in [1.165, 1.54) is 0 Å². The Labute approximate surface area is 148 Å². The van der Waals surface area contributed by atoms with Crippen LogP contribution in [0.4, 0.5) is 26.3 Å². The monoisotopic (exact) mass is 425 g/mol. The largest absolute Gasteiger partial charge is 0.481 e. The lowest BCUT2D eigenvalue weighted by molar-refractivity contribution is -0.370. The lowest BCUT2D eigenvalue weighted by Gasteiger charge is -2.37. The van der Waals surface area contributed by atoms with Gasteiger partial charge in [0.25, 0.3) is 0 Å². The highest BCUT2D eigenvalue weighted by Gasteiger charge is 2.76. The van der Waals surface area contributed by atoms with Crippen molar-refractivity contribution in [3.63, 3.8) is 0 Å². The minimum Gasteiger partial charge on any atom is -0.481 e. The van der Waals surface area contributed by atoms with Crippen molar-refractivity contribution in [1.29, 1.82) is 0 Å². The molecule has 2 N–H and O–H groups in total. The summed E-state index contributed by atoms with van der Waals surface area (Å²) in [5.41, 5.74) is -5.26. The first-order valence-electron chi connectivity index (χ1n) is 7.70. The summed E-state index contributed by atoms with van der Waals surface area (Å²) < 4.78 is 109. The molecule has 154 valence electrons. The molecule has 2 aliphatic carbocycles. The van der Waals surface area contributed by atoms with Gasteiger partial charge in [0.1, 0.15) is 6.42 Å². The van der Waals surface area contributed by atoms with E-state index >= 15 is 0 Å². The third-order valence-corrected chi connectivity index (χ3v) is 7.46. The highest BCUT2D eigenvalue weighted by molar-refractivity contribution is 7.90. The Balaban J connectivity index is 1.97. The molecular weight excluding hydrogens is 412 g/mol. The van der Waals surface area contributed by atoms with Crippen LogP contribution in [0.2, 0.25) is 0 Å². The van der Waals surface area contributed by atoms with E-state index in [1.54, 1.807) is 0 Å². The second-order valence-electron chi connectivity index (χ2n) is 6.97. The fourth-order valence-corrected chi connectivity index (χ4v) is 6.77. The van der Waals surface area contributed by atoms with Crippen molar-refractivity contribution in [3.8, 4) is 0 Å². The molecule has 5 unspecified atom stereocenters. The topological polar surface area (TPSA) is 110 Å².